The predicted octanol–water partition coefficient (Wildman–Crippen LogP) is 3.18. The zero-order chi connectivity index (χ0) is 17.0. The van der Waals surface area contributed by atoms with Gasteiger partial charge in [-0.15, -0.1) is 0 Å². The van der Waals surface area contributed by atoms with Crippen LogP contribution in [0.1, 0.15) is 21.5 Å². The number of carbonyl (C=O) groups is 2. The molecule has 0 bridgehead atoms. The van der Waals surface area contributed by atoms with Crippen LogP contribution in [0.25, 0.3) is 0 Å². The lowest BCUT2D eigenvalue weighted by Gasteiger charge is -2.13. The molecule has 0 atom stereocenters. The number of carbonyl (C=O) groups excluding carboxylic acids is 2. The highest BCUT2D eigenvalue weighted by Gasteiger charge is 2.10. The van der Waals surface area contributed by atoms with Crippen LogP contribution >= 0.6 is 15.9 Å². The van der Waals surface area contributed by atoms with Crippen LogP contribution in [0.4, 0.5) is 5.69 Å². The summed E-state index contributed by atoms with van der Waals surface area (Å²) >= 11 is 3.42. The van der Waals surface area contributed by atoms with Gasteiger partial charge in [0.15, 0.2) is 6.61 Å². The maximum absolute atomic E-state index is 12.0. The van der Waals surface area contributed by atoms with E-state index in [-0.39, 0.29) is 12.5 Å². The van der Waals surface area contributed by atoms with E-state index < -0.39 is 5.91 Å². The van der Waals surface area contributed by atoms with E-state index in [1.54, 1.807) is 18.2 Å². The summed E-state index contributed by atoms with van der Waals surface area (Å²) in [6.07, 6.45) is 0. The molecule has 5 nitrogen and oxygen atoms in total. The van der Waals surface area contributed by atoms with Crippen molar-refractivity contribution in [2.45, 2.75) is 13.8 Å². The van der Waals surface area contributed by atoms with Crippen molar-refractivity contribution < 1.29 is 14.3 Å². The fraction of sp³-hybridized carbons (Fsp3) is 0.176. The average Bonchev–Trinajstić information content (AvgIpc) is 2.46. The lowest BCUT2D eigenvalue weighted by atomic mass is 10.1. The summed E-state index contributed by atoms with van der Waals surface area (Å²) in [7, 11) is 0. The van der Waals surface area contributed by atoms with Crippen LogP contribution in [0, 0.1) is 13.8 Å². The van der Waals surface area contributed by atoms with Gasteiger partial charge in [0.05, 0.1) is 0 Å². The number of hydrogen-bond acceptors (Lipinski definition) is 3. The Labute approximate surface area is 143 Å². The number of rotatable bonds is 5. The fourth-order valence-corrected chi connectivity index (χ4v) is 2.90. The summed E-state index contributed by atoms with van der Waals surface area (Å²) in [5.41, 5.74) is 7.94. The minimum atomic E-state index is -0.543. The van der Waals surface area contributed by atoms with Gasteiger partial charge in [-0.05, 0) is 55.3 Å². The number of hydrogen-bond donors (Lipinski definition) is 2. The van der Waals surface area contributed by atoms with Gasteiger partial charge >= 0.3 is 0 Å². The van der Waals surface area contributed by atoms with Crippen molar-refractivity contribution in [3.63, 3.8) is 0 Å². The van der Waals surface area contributed by atoms with Crippen LogP contribution < -0.4 is 15.8 Å². The first kappa shape index (κ1) is 17.0. The molecule has 0 aliphatic rings. The van der Waals surface area contributed by atoms with Crippen LogP contribution in [0.2, 0.25) is 0 Å². The quantitative estimate of drug-likeness (QED) is 0.840. The van der Waals surface area contributed by atoms with Crippen LogP contribution in [-0.4, -0.2) is 18.4 Å². The molecule has 0 heterocycles. The van der Waals surface area contributed by atoms with Crippen molar-refractivity contribution in [3.05, 3.63) is 57.6 Å². The number of nitrogens with two attached hydrogens (primary N) is 1. The second-order valence-corrected chi connectivity index (χ2v) is 6.07. The van der Waals surface area contributed by atoms with Crippen molar-refractivity contribution in [2.24, 2.45) is 5.73 Å². The number of amides is 2. The molecule has 2 aromatic carbocycles. The molecule has 0 spiro atoms. The summed E-state index contributed by atoms with van der Waals surface area (Å²) in [6, 6.07) is 10.3. The molecular weight excluding hydrogens is 360 g/mol. The van der Waals surface area contributed by atoms with Gasteiger partial charge in [0, 0.05) is 15.7 Å². The van der Waals surface area contributed by atoms with Gasteiger partial charge in [-0.3, -0.25) is 9.59 Å². The Hall–Kier alpha value is -2.34. The summed E-state index contributed by atoms with van der Waals surface area (Å²) < 4.78 is 6.58. The zero-order valence-electron chi connectivity index (χ0n) is 12.9. The minimum Gasteiger partial charge on any atom is -0.483 e. The van der Waals surface area contributed by atoms with Crippen LogP contribution in [0.5, 0.6) is 5.75 Å². The molecule has 0 aliphatic heterocycles. The first-order valence-corrected chi connectivity index (χ1v) is 7.75. The van der Waals surface area contributed by atoms with E-state index in [9.17, 15) is 9.59 Å². The van der Waals surface area contributed by atoms with Crippen molar-refractivity contribution in [1.29, 1.82) is 0 Å². The van der Waals surface area contributed by atoms with Gasteiger partial charge in [0.1, 0.15) is 5.75 Å². The summed E-state index contributed by atoms with van der Waals surface area (Å²) in [6.45, 7) is 3.72. The molecule has 0 aliphatic carbocycles. The second-order valence-electron chi connectivity index (χ2n) is 5.15. The maximum Gasteiger partial charge on any atom is 0.262 e. The molecule has 0 aromatic heterocycles. The van der Waals surface area contributed by atoms with Gasteiger partial charge in [0.2, 0.25) is 5.91 Å². The van der Waals surface area contributed by atoms with Crippen molar-refractivity contribution in [3.8, 4) is 5.75 Å². The number of nitrogens with one attached hydrogen (secondary N) is 1. The van der Waals surface area contributed by atoms with E-state index in [0.717, 1.165) is 15.6 Å². The van der Waals surface area contributed by atoms with E-state index in [4.69, 9.17) is 10.5 Å². The first-order chi connectivity index (χ1) is 10.9. The van der Waals surface area contributed by atoms with E-state index in [1.165, 1.54) is 6.07 Å². The zero-order valence-corrected chi connectivity index (χ0v) is 14.4. The molecule has 2 rings (SSSR count). The highest BCUT2D eigenvalue weighted by molar-refractivity contribution is 9.10. The molecule has 6 heteroatoms. The van der Waals surface area contributed by atoms with Crippen LogP contribution in [0.15, 0.2) is 40.9 Å². The Morgan fingerprint density at radius 2 is 1.83 bits per heavy atom. The molecule has 0 fully saturated rings. The number of halogens is 1. The van der Waals surface area contributed by atoms with Crippen molar-refractivity contribution in [1.82, 2.24) is 0 Å². The van der Waals surface area contributed by atoms with Gasteiger partial charge in [-0.2, -0.15) is 0 Å². The number of aryl methyl sites for hydroxylation is 2. The SMILES string of the molecule is Cc1cc(Br)cc(C)c1OCC(=O)Nc1cccc(C(N)=O)c1. The molecule has 0 unspecified atom stereocenters. The van der Waals surface area contributed by atoms with E-state index in [0.29, 0.717) is 17.0 Å². The van der Waals surface area contributed by atoms with Gasteiger partial charge in [0.25, 0.3) is 5.91 Å². The average molecular weight is 377 g/mol. The lowest BCUT2D eigenvalue weighted by molar-refractivity contribution is -0.118. The summed E-state index contributed by atoms with van der Waals surface area (Å²) in [4.78, 5) is 23.1. The Morgan fingerprint density at radius 3 is 2.43 bits per heavy atom. The van der Waals surface area contributed by atoms with Crippen molar-refractivity contribution in [2.75, 3.05) is 11.9 Å². The molecule has 2 amide bonds. The maximum atomic E-state index is 12.0. The van der Waals surface area contributed by atoms with Gasteiger partial charge in [-0.1, -0.05) is 22.0 Å². The monoisotopic (exact) mass is 376 g/mol. The third-order valence-electron chi connectivity index (χ3n) is 3.20. The highest BCUT2D eigenvalue weighted by atomic mass is 79.9. The van der Waals surface area contributed by atoms with Crippen LogP contribution in [-0.2, 0) is 4.79 Å². The number of ether oxygens (including phenoxy) is 1. The Morgan fingerprint density at radius 1 is 1.17 bits per heavy atom. The molecule has 0 saturated carbocycles. The third-order valence-corrected chi connectivity index (χ3v) is 3.66. The first-order valence-electron chi connectivity index (χ1n) is 6.96. The predicted molar refractivity (Wildman–Crippen MR) is 92.7 cm³/mol. The molecule has 0 radical (unpaired) electrons. The highest BCUT2D eigenvalue weighted by Crippen LogP contribution is 2.27. The topological polar surface area (TPSA) is 81.4 Å². The largest absolute Gasteiger partial charge is 0.483 e. The standard InChI is InChI=1S/C17H17BrN2O3/c1-10-6-13(18)7-11(2)16(10)23-9-15(21)20-14-5-3-4-12(8-14)17(19)22/h3-8H,9H2,1-2H3,(H2,19,22)(H,20,21). The number of benzene rings is 2. The fourth-order valence-electron chi connectivity index (χ4n) is 2.21. The van der Waals surface area contributed by atoms with Gasteiger partial charge < -0.3 is 15.8 Å². The molecule has 120 valence electrons. The molecule has 2 aromatic rings. The Bertz CT molecular complexity index is 736. The molecule has 0 saturated heterocycles. The second kappa shape index (κ2) is 7.28. The molecule has 23 heavy (non-hydrogen) atoms. The summed E-state index contributed by atoms with van der Waals surface area (Å²) in [5.74, 6) is -0.166. The third kappa shape index (κ3) is 4.56. The Kier molecular flexibility index (Phi) is 5.39. The van der Waals surface area contributed by atoms with E-state index >= 15 is 0 Å². The van der Waals surface area contributed by atoms with E-state index in [1.807, 2.05) is 26.0 Å². The molecular formula is C17H17BrN2O3. The lowest BCUT2D eigenvalue weighted by Crippen LogP contribution is -2.21. The van der Waals surface area contributed by atoms with Crippen LogP contribution in [0.3, 0.4) is 0 Å². The van der Waals surface area contributed by atoms with Gasteiger partial charge in [-0.25, -0.2) is 0 Å². The minimum absolute atomic E-state index is 0.121. The Balaban J connectivity index is 2.01. The number of anilines is 1. The van der Waals surface area contributed by atoms with E-state index in [2.05, 4.69) is 21.2 Å². The normalized spacial score (nSPS) is 10.2. The smallest absolute Gasteiger partial charge is 0.262 e. The molecule has 3 N–H and O–H groups in total. The van der Waals surface area contributed by atoms with Crippen molar-refractivity contribution >= 4 is 33.4 Å². The number of primary amides is 1. The summed E-state index contributed by atoms with van der Waals surface area (Å²) in [5, 5.41) is 2.68.